The predicted octanol–water partition coefficient (Wildman–Crippen LogP) is 31.8. The number of allylic oxidation sites excluding steroid dienone is 9. The summed E-state index contributed by atoms with van der Waals surface area (Å²) in [7, 11) is -1.63. The van der Waals surface area contributed by atoms with Gasteiger partial charge >= 0.3 is 0 Å². The molecule has 0 bridgehead atoms. The summed E-state index contributed by atoms with van der Waals surface area (Å²) in [6.45, 7) is 57.5. The zero-order chi connectivity index (χ0) is 80.9. The molecule has 0 amide bonds. The first-order valence-electron chi connectivity index (χ1n) is 47.4. The Kier molecular flexibility index (Phi) is 25.9. The lowest BCUT2D eigenvalue weighted by atomic mass is 9.65. The molecule has 10 atom stereocenters. The van der Waals surface area contributed by atoms with E-state index in [9.17, 15) is 0 Å². The van der Waals surface area contributed by atoms with Crippen LogP contribution in [0.1, 0.15) is 350 Å². The van der Waals surface area contributed by atoms with Crippen molar-refractivity contribution in [2.75, 3.05) is 0 Å². The first-order chi connectivity index (χ1) is 54.2. The highest BCUT2D eigenvalue weighted by Crippen LogP contribution is 2.64. The van der Waals surface area contributed by atoms with Crippen LogP contribution in [0, 0.1) is 70.0 Å². The van der Waals surface area contributed by atoms with E-state index in [0.717, 1.165) is 38.5 Å². The Labute approximate surface area is 692 Å². The van der Waals surface area contributed by atoms with Gasteiger partial charge in [0.25, 0.3) is 0 Å². The van der Waals surface area contributed by atoms with E-state index in [4.69, 9.17) is 0 Å². The Morgan fingerprint density at radius 1 is 0.336 bits per heavy atom. The molecule has 0 N–H and O–H groups in total. The van der Waals surface area contributed by atoms with Crippen molar-refractivity contribution >= 4 is 36.6 Å². The molecule has 0 spiro atoms. The SMILES string of the molecule is CCCCC(CC)CC1(CC(CC)CCCC)c2cc(-c3ccc4c(c3)C(CC(C)CC)(CC(C)CC)c3cc(-c5ccc6c(c5)C(CC(C)CC)(CC(C)CC)c5c-6c6c(c7c5=CC5=CC(CC(C)CC)(CC(C)CC)C=CC=75)C=C5C=CC(CC(C)CC)(CC(C)CC)C=C56)ccc3-4)ccc2-c2ccc([Si](C)(C)C)cc21. The largest absolute Gasteiger partial charge is 0.0776 e. The molecule has 0 saturated carbocycles. The Balaban J connectivity index is 1.02. The van der Waals surface area contributed by atoms with E-state index in [2.05, 4.69) is 298 Å². The van der Waals surface area contributed by atoms with E-state index in [-0.39, 0.29) is 27.1 Å². The molecule has 606 valence electrons. The lowest BCUT2D eigenvalue weighted by Gasteiger charge is -2.39. The molecule has 6 aromatic rings. The fraction of sp³-hybridized carbons (Fsp3) is 0.571. The molecule has 13 rings (SSSR count). The zero-order valence-electron chi connectivity index (χ0n) is 75.9. The quantitative estimate of drug-likeness (QED) is 0.0338. The molecule has 0 aliphatic heterocycles. The van der Waals surface area contributed by atoms with Crippen LogP contribution in [0.4, 0.5) is 0 Å². The van der Waals surface area contributed by atoms with Crippen molar-refractivity contribution in [1.82, 2.24) is 0 Å². The summed E-state index contributed by atoms with van der Waals surface area (Å²) in [5.41, 5.74) is 32.9. The number of benzene rings is 6. The Hall–Kier alpha value is -6.02. The summed E-state index contributed by atoms with van der Waals surface area (Å²) in [4.78, 5) is 0. The maximum absolute atomic E-state index is 2.87. The van der Waals surface area contributed by atoms with Crippen LogP contribution < -0.4 is 15.6 Å². The van der Waals surface area contributed by atoms with Crippen LogP contribution in [0.3, 0.4) is 0 Å². The van der Waals surface area contributed by atoms with Crippen molar-refractivity contribution < 1.29 is 0 Å². The number of unbranched alkanes of at least 4 members (excludes halogenated alkanes) is 2. The summed E-state index contributed by atoms with van der Waals surface area (Å²) >= 11 is 0. The van der Waals surface area contributed by atoms with E-state index in [1.54, 1.807) is 49.7 Å². The van der Waals surface area contributed by atoms with Crippen LogP contribution in [0.25, 0.3) is 78.9 Å². The summed E-state index contributed by atoms with van der Waals surface area (Å²) in [5.74, 6) is 6.08. The number of rotatable bonds is 39. The van der Waals surface area contributed by atoms with Crippen molar-refractivity contribution in [1.29, 1.82) is 0 Å². The first kappa shape index (κ1) is 84.9. The predicted molar refractivity (Wildman–Crippen MR) is 502 cm³/mol. The van der Waals surface area contributed by atoms with Crippen LogP contribution in [-0.4, -0.2) is 8.07 Å². The van der Waals surface area contributed by atoms with Crippen LogP contribution in [0.5, 0.6) is 0 Å². The molecule has 113 heavy (non-hydrogen) atoms. The van der Waals surface area contributed by atoms with Crippen molar-refractivity contribution in [3.8, 4) is 55.6 Å². The van der Waals surface area contributed by atoms with E-state index >= 15 is 0 Å². The molecule has 0 nitrogen and oxygen atoms in total. The fourth-order valence-electron chi connectivity index (χ4n) is 23.7. The van der Waals surface area contributed by atoms with Gasteiger partial charge in [0.1, 0.15) is 0 Å². The Bertz CT molecular complexity index is 4670. The van der Waals surface area contributed by atoms with Gasteiger partial charge in [0.05, 0.1) is 8.07 Å². The molecule has 0 saturated heterocycles. The summed E-state index contributed by atoms with van der Waals surface area (Å²) in [6.07, 6.45) is 53.5. The molecular formula is C112H154Si. The maximum atomic E-state index is 2.87. The smallest absolute Gasteiger partial charge is 0.0739 e. The van der Waals surface area contributed by atoms with E-state index in [1.807, 2.05) is 0 Å². The van der Waals surface area contributed by atoms with Crippen molar-refractivity contribution in [2.24, 2.45) is 70.0 Å². The summed E-state index contributed by atoms with van der Waals surface area (Å²) < 4.78 is 0. The van der Waals surface area contributed by atoms with Gasteiger partial charge in [-0.1, -0.05) is 369 Å². The molecule has 0 aromatic heterocycles. The minimum atomic E-state index is -1.63. The molecule has 7 aliphatic rings. The number of hydrogen-bond acceptors (Lipinski definition) is 0. The molecular weight excluding hydrogens is 1370 g/mol. The average molecular weight is 1530 g/mol. The number of fused-ring (bicyclic) bond motifs is 17. The Morgan fingerprint density at radius 3 is 1.11 bits per heavy atom. The number of hydrogen-bond donors (Lipinski definition) is 0. The topological polar surface area (TPSA) is 0 Å². The van der Waals surface area contributed by atoms with Gasteiger partial charge in [-0.05, 0) is 293 Å². The zero-order valence-corrected chi connectivity index (χ0v) is 76.9. The van der Waals surface area contributed by atoms with Crippen LogP contribution in [0.2, 0.25) is 19.6 Å². The van der Waals surface area contributed by atoms with Gasteiger partial charge in [0.15, 0.2) is 0 Å². The van der Waals surface area contributed by atoms with Gasteiger partial charge in [-0.3, -0.25) is 0 Å². The van der Waals surface area contributed by atoms with Gasteiger partial charge in [-0.2, -0.15) is 0 Å². The third kappa shape index (κ3) is 15.8. The van der Waals surface area contributed by atoms with Crippen LogP contribution in [-0.2, 0) is 16.2 Å². The molecule has 6 aromatic carbocycles. The van der Waals surface area contributed by atoms with Crippen LogP contribution >= 0.6 is 0 Å². The highest BCUT2D eigenvalue weighted by atomic mass is 28.3. The molecule has 7 aliphatic carbocycles. The van der Waals surface area contributed by atoms with E-state index in [1.165, 1.54) is 217 Å². The van der Waals surface area contributed by atoms with Gasteiger partial charge in [-0.15, -0.1) is 0 Å². The van der Waals surface area contributed by atoms with Gasteiger partial charge in [0, 0.05) is 27.1 Å². The molecule has 0 radical (unpaired) electrons. The highest BCUT2D eigenvalue weighted by Gasteiger charge is 2.52. The maximum Gasteiger partial charge on any atom is 0.0776 e. The van der Waals surface area contributed by atoms with Crippen LogP contribution in [0.15, 0.2) is 139 Å². The molecule has 1 heteroatoms. The second-order valence-electron chi connectivity index (χ2n) is 41.1. The second kappa shape index (κ2) is 34.5. The van der Waals surface area contributed by atoms with Crippen molar-refractivity contribution in [2.45, 2.75) is 341 Å². The normalized spacial score (nSPS) is 23.9. The van der Waals surface area contributed by atoms with Crippen molar-refractivity contribution in [3.05, 3.63) is 194 Å². The minimum Gasteiger partial charge on any atom is -0.0739 e. The summed E-state index contributed by atoms with van der Waals surface area (Å²) in [5, 5.41) is 4.68. The average Bonchev–Trinajstić information content (AvgIpc) is 1.51. The molecule has 0 fully saturated rings. The van der Waals surface area contributed by atoms with Gasteiger partial charge in [0.2, 0.25) is 0 Å². The monoisotopic (exact) mass is 1530 g/mol. The minimum absolute atomic E-state index is 0.00713. The lowest BCUT2D eigenvalue weighted by Crippen LogP contribution is -2.40. The van der Waals surface area contributed by atoms with E-state index < -0.39 is 8.07 Å². The second-order valence-corrected chi connectivity index (χ2v) is 46.1. The molecule has 0 heterocycles. The fourth-order valence-corrected chi connectivity index (χ4v) is 24.8. The standard InChI is InChI=1S/C112H154Si/c1-24-36-38-81(34-11)69-111(70-82(35-12)39-37-25-2)101-58-85(42-47-93(101)94-49-44-89(60-103(94)111)113(21,22)23)83-40-45-91-92-46-41-84(57-100(92)110(99(91)56-83,65-77(17)30-7)66-78(18)31-8)86-43-48-95-102(59-86)112(67-79(19)32-9,68-80(20)33-10)107-97-55-88-71-108(61-73(13)26-3,62-74(14)27-4)53-51-90(88)104(97)96-54-87-50-52-109(63-75(15)28-5,64-76(16)29-6)72-98(87)105(96)106(95)107/h40-60,71-82H,24-39,61-70H2,1-23H3. The lowest BCUT2D eigenvalue weighted by molar-refractivity contribution is 0.266. The van der Waals surface area contributed by atoms with Gasteiger partial charge < -0.3 is 0 Å². The highest BCUT2D eigenvalue weighted by molar-refractivity contribution is 6.88. The van der Waals surface area contributed by atoms with Gasteiger partial charge in [-0.25, -0.2) is 0 Å². The third-order valence-corrected chi connectivity index (χ3v) is 33.6. The summed E-state index contributed by atoms with van der Waals surface area (Å²) in [6, 6.07) is 39.9. The van der Waals surface area contributed by atoms with E-state index in [0.29, 0.717) is 59.2 Å². The first-order valence-corrected chi connectivity index (χ1v) is 50.9. The molecule has 10 unspecified atom stereocenters. The Morgan fingerprint density at radius 2 is 0.699 bits per heavy atom. The third-order valence-electron chi connectivity index (χ3n) is 31.6. The van der Waals surface area contributed by atoms with Crippen molar-refractivity contribution in [3.63, 3.8) is 0 Å².